The summed E-state index contributed by atoms with van der Waals surface area (Å²) in [5.41, 5.74) is 7.14. The molecule has 0 bridgehead atoms. The second-order valence-corrected chi connectivity index (χ2v) is 5.84. The van der Waals surface area contributed by atoms with Crippen molar-refractivity contribution >= 4 is 15.9 Å². The van der Waals surface area contributed by atoms with E-state index in [1.165, 1.54) is 0 Å². The number of rotatable bonds is 0. The van der Waals surface area contributed by atoms with Crippen LogP contribution in [0, 0.1) is 0 Å². The van der Waals surface area contributed by atoms with E-state index in [9.17, 15) is 0 Å². The number of ether oxygens (including phenoxy) is 2. The minimum Gasteiger partial charge on any atom is -0.484 e. The molecule has 1 aromatic carbocycles. The molecule has 2 aliphatic heterocycles. The third-order valence-corrected chi connectivity index (χ3v) is 4.38. The maximum atomic E-state index is 6.28. The van der Waals surface area contributed by atoms with Crippen LogP contribution in [0.3, 0.4) is 0 Å². The van der Waals surface area contributed by atoms with Gasteiger partial charge in [-0.25, -0.2) is 0 Å². The first-order valence-corrected chi connectivity index (χ1v) is 6.76. The van der Waals surface area contributed by atoms with Gasteiger partial charge >= 0.3 is 0 Å². The maximum Gasteiger partial charge on any atom is 0.139 e. The third kappa shape index (κ3) is 1.79. The Morgan fingerprint density at radius 2 is 2.29 bits per heavy atom. The van der Waals surface area contributed by atoms with Crippen LogP contribution in [-0.2, 0) is 4.74 Å². The number of benzene rings is 1. The molecule has 0 radical (unpaired) electrons. The van der Waals surface area contributed by atoms with Crippen LogP contribution in [0.4, 0.5) is 0 Å². The second-order valence-electron chi connectivity index (χ2n) is 4.92. The van der Waals surface area contributed by atoms with E-state index < -0.39 is 0 Å². The lowest BCUT2D eigenvalue weighted by atomic mass is 9.83. The zero-order valence-corrected chi connectivity index (χ0v) is 11.4. The van der Waals surface area contributed by atoms with Gasteiger partial charge in [-0.2, -0.15) is 0 Å². The zero-order valence-electron chi connectivity index (χ0n) is 9.78. The summed E-state index contributed by atoms with van der Waals surface area (Å²) >= 11 is 3.47. The van der Waals surface area contributed by atoms with Crippen LogP contribution in [0.5, 0.6) is 5.75 Å². The highest BCUT2D eigenvalue weighted by Gasteiger charge is 2.48. The summed E-state index contributed by atoms with van der Waals surface area (Å²) in [6, 6.07) is 6.06. The Morgan fingerprint density at radius 3 is 3.00 bits per heavy atom. The van der Waals surface area contributed by atoms with Gasteiger partial charge in [0.25, 0.3) is 0 Å². The molecule has 3 nitrogen and oxygen atoms in total. The van der Waals surface area contributed by atoms with Gasteiger partial charge in [0.15, 0.2) is 0 Å². The lowest BCUT2D eigenvalue weighted by molar-refractivity contribution is -0.0275. The fourth-order valence-electron chi connectivity index (χ4n) is 2.81. The van der Waals surface area contributed by atoms with Crippen molar-refractivity contribution in [2.45, 2.75) is 37.5 Å². The van der Waals surface area contributed by atoms with Gasteiger partial charge in [0.1, 0.15) is 11.4 Å². The average molecular weight is 298 g/mol. The number of nitrogens with two attached hydrogens (primary N) is 1. The van der Waals surface area contributed by atoms with E-state index in [-0.39, 0.29) is 17.7 Å². The maximum absolute atomic E-state index is 6.28. The van der Waals surface area contributed by atoms with Gasteiger partial charge in [-0.3, -0.25) is 0 Å². The molecular formula is C13H16BrNO2. The largest absolute Gasteiger partial charge is 0.484 e. The number of fused-ring (bicyclic) bond motifs is 1. The Morgan fingerprint density at radius 1 is 1.47 bits per heavy atom. The average Bonchev–Trinajstić information content (AvgIpc) is 2.62. The predicted octanol–water partition coefficient (Wildman–Crippen LogP) is 2.78. The zero-order chi connectivity index (χ0) is 12.0. The quantitative estimate of drug-likeness (QED) is 0.801. The molecule has 92 valence electrons. The fraction of sp³-hybridized carbons (Fsp3) is 0.538. The molecule has 0 amide bonds. The van der Waals surface area contributed by atoms with Crippen molar-refractivity contribution in [2.75, 3.05) is 6.61 Å². The molecule has 1 aromatic rings. The summed E-state index contributed by atoms with van der Waals surface area (Å²) < 4.78 is 12.9. The molecule has 3 atom stereocenters. The molecule has 3 rings (SSSR count). The van der Waals surface area contributed by atoms with Crippen LogP contribution < -0.4 is 10.5 Å². The Kier molecular flexibility index (Phi) is 2.69. The smallest absolute Gasteiger partial charge is 0.139 e. The van der Waals surface area contributed by atoms with Gasteiger partial charge in [-0.05, 0) is 25.1 Å². The molecule has 2 unspecified atom stereocenters. The summed E-state index contributed by atoms with van der Waals surface area (Å²) in [7, 11) is 0. The lowest BCUT2D eigenvalue weighted by Gasteiger charge is -2.40. The third-order valence-electron chi connectivity index (χ3n) is 3.88. The van der Waals surface area contributed by atoms with Crippen LogP contribution in [0.1, 0.15) is 31.4 Å². The summed E-state index contributed by atoms with van der Waals surface area (Å²) in [6.45, 7) is 2.84. The van der Waals surface area contributed by atoms with Crippen molar-refractivity contribution in [3.05, 3.63) is 28.2 Å². The molecule has 4 heteroatoms. The summed E-state index contributed by atoms with van der Waals surface area (Å²) in [4.78, 5) is 0. The molecule has 1 saturated heterocycles. The molecule has 0 aliphatic carbocycles. The van der Waals surface area contributed by atoms with E-state index in [0.717, 1.165) is 35.2 Å². The highest BCUT2D eigenvalue weighted by molar-refractivity contribution is 9.10. The van der Waals surface area contributed by atoms with Crippen molar-refractivity contribution in [1.29, 1.82) is 0 Å². The van der Waals surface area contributed by atoms with Crippen molar-refractivity contribution in [2.24, 2.45) is 5.73 Å². The van der Waals surface area contributed by atoms with E-state index in [1.54, 1.807) is 0 Å². The summed E-state index contributed by atoms with van der Waals surface area (Å²) in [5, 5.41) is 0. The Hall–Kier alpha value is -0.580. The van der Waals surface area contributed by atoms with Crippen LogP contribution in [0.15, 0.2) is 22.7 Å². The van der Waals surface area contributed by atoms with Crippen molar-refractivity contribution in [1.82, 2.24) is 0 Å². The van der Waals surface area contributed by atoms with Crippen LogP contribution in [0.2, 0.25) is 0 Å². The summed E-state index contributed by atoms with van der Waals surface area (Å²) in [6.07, 6.45) is 1.87. The topological polar surface area (TPSA) is 44.5 Å². The fourth-order valence-corrected chi connectivity index (χ4v) is 3.19. The van der Waals surface area contributed by atoms with Crippen molar-refractivity contribution < 1.29 is 9.47 Å². The molecule has 0 saturated carbocycles. The van der Waals surface area contributed by atoms with E-state index in [1.807, 2.05) is 18.2 Å². The lowest BCUT2D eigenvalue weighted by Crippen LogP contribution is -2.47. The van der Waals surface area contributed by atoms with Gasteiger partial charge in [0, 0.05) is 28.9 Å². The van der Waals surface area contributed by atoms with Crippen LogP contribution >= 0.6 is 15.9 Å². The number of hydrogen-bond donors (Lipinski definition) is 1. The molecule has 1 spiro atoms. The molecule has 2 N–H and O–H groups in total. The monoisotopic (exact) mass is 297 g/mol. The van der Waals surface area contributed by atoms with E-state index in [4.69, 9.17) is 15.2 Å². The van der Waals surface area contributed by atoms with E-state index >= 15 is 0 Å². The van der Waals surface area contributed by atoms with Crippen molar-refractivity contribution in [3.63, 3.8) is 0 Å². The van der Waals surface area contributed by atoms with Crippen LogP contribution in [-0.4, -0.2) is 18.3 Å². The molecule has 0 aromatic heterocycles. The minimum atomic E-state index is -0.222. The summed E-state index contributed by atoms with van der Waals surface area (Å²) in [5.74, 6) is 0.907. The number of hydrogen-bond acceptors (Lipinski definition) is 3. The molecule has 17 heavy (non-hydrogen) atoms. The van der Waals surface area contributed by atoms with Gasteiger partial charge in [-0.1, -0.05) is 15.9 Å². The van der Waals surface area contributed by atoms with E-state index in [2.05, 4.69) is 22.9 Å². The van der Waals surface area contributed by atoms with Crippen LogP contribution in [0.25, 0.3) is 0 Å². The normalized spacial score (nSPS) is 35.7. The van der Waals surface area contributed by atoms with Gasteiger partial charge < -0.3 is 15.2 Å². The van der Waals surface area contributed by atoms with Crippen molar-refractivity contribution in [3.8, 4) is 5.75 Å². The van der Waals surface area contributed by atoms with Gasteiger partial charge in [0.05, 0.1) is 12.7 Å². The predicted molar refractivity (Wildman–Crippen MR) is 69.1 cm³/mol. The van der Waals surface area contributed by atoms with Gasteiger partial charge in [0.2, 0.25) is 0 Å². The molecule has 2 aliphatic rings. The SMILES string of the molecule is CC1OCCC12C[C@H](N)c1cc(Br)ccc1O2. The second kappa shape index (κ2) is 3.97. The highest BCUT2D eigenvalue weighted by atomic mass is 79.9. The highest BCUT2D eigenvalue weighted by Crippen LogP contribution is 2.45. The van der Waals surface area contributed by atoms with Gasteiger partial charge in [-0.15, -0.1) is 0 Å². The number of halogens is 1. The first kappa shape index (κ1) is 11.5. The Balaban J connectivity index is 2.01. The Labute approximate surface area is 109 Å². The first-order valence-electron chi connectivity index (χ1n) is 5.96. The Bertz CT molecular complexity index is 451. The standard InChI is InChI=1S/C13H16BrNO2/c1-8-13(4-5-16-8)7-11(15)10-6-9(14)2-3-12(10)17-13/h2-3,6,8,11H,4-5,7,15H2,1H3/t8?,11-,13?/m0/s1. The molecule has 2 heterocycles. The molecular weight excluding hydrogens is 282 g/mol. The van der Waals surface area contributed by atoms with E-state index in [0.29, 0.717) is 0 Å². The molecule has 1 fully saturated rings. The first-order chi connectivity index (χ1) is 8.11. The minimum absolute atomic E-state index is 0.0281.